The second-order valence-electron chi connectivity index (χ2n) is 4.68. The van der Waals surface area contributed by atoms with Crippen molar-refractivity contribution in [3.63, 3.8) is 0 Å². The van der Waals surface area contributed by atoms with E-state index in [9.17, 15) is 9.59 Å². The zero-order chi connectivity index (χ0) is 17.4. The molecule has 126 valence electrons. The molecule has 0 saturated heterocycles. The average Bonchev–Trinajstić information content (AvgIpc) is 2.60. The van der Waals surface area contributed by atoms with E-state index in [-0.39, 0.29) is 19.1 Å². The molecule has 0 aliphatic heterocycles. The van der Waals surface area contributed by atoms with Gasteiger partial charge in [0.2, 0.25) is 0 Å². The van der Waals surface area contributed by atoms with Gasteiger partial charge in [-0.25, -0.2) is 4.79 Å². The lowest BCUT2D eigenvalue weighted by atomic mass is 10.3. The summed E-state index contributed by atoms with van der Waals surface area (Å²) in [7, 11) is 1.29. The quantitative estimate of drug-likeness (QED) is 0.731. The maximum atomic E-state index is 11.9. The maximum Gasteiger partial charge on any atom is 0.343 e. The van der Waals surface area contributed by atoms with Gasteiger partial charge >= 0.3 is 5.97 Å². The van der Waals surface area contributed by atoms with Crippen LogP contribution in [0.4, 0.5) is 5.69 Å². The lowest BCUT2D eigenvalue weighted by molar-refractivity contribution is -0.142. The van der Waals surface area contributed by atoms with Gasteiger partial charge < -0.3 is 19.5 Å². The first kappa shape index (κ1) is 17.8. The average molecular weight is 394 g/mol. The van der Waals surface area contributed by atoms with Crippen LogP contribution in [0.2, 0.25) is 0 Å². The minimum absolute atomic E-state index is 0.0950. The van der Waals surface area contributed by atoms with Crippen LogP contribution in [0.5, 0.6) is 11.5 Å². The normalized spacial score (nSPS) is 9.92. The van der Waals surface area contributed by atoms with Crippen molar-refractivity contribution in [1.82, 2.24) is 0 Å². The first-order valence-corrected chi connectivity index (χ1v) is 7.84. The molecule has 0 spiro atoms. The van der Waals surface area contributed by atoms with Crippen molar-refractivity contribution in [1.29, 1.82) is 0 Å². The third kappa shape index (κ3) is 5.92. The molecule has 1 N–H and O–H groups in total. The Bertz CT molecular complexity index is 685. The third-order valence-corrected chi connectivity index (χ3v) is 3.43. The Hall–Kier alpha value is -2.54. The zero-order valence-electron chi connectivity index (χ0n) is 13.0. The Morgan fingerprint density at radius 3 is 2.04 bits per heavy atom. The van der Waals surface area contributed by atoms with Gasteiger partial charge in [-0.3, -0.25) is 4.79 Å². The summed E-state index contributed by atoms with van der Waals surface area (Å²) in [6, 6.07) is 13.8. The molecular weight excluding hydrogens is 378 g/mol. The zero-order valence-corrected chi connectivity index (χ0v) is 14.5. The van der Waals surface area contributed by atoms with Gasteiger partial charge in [0.25, 0.3) is 5.91 Å². The number of methoxy groups -OCH3 is 1. The lowest BCUT2D eigenvalue weighted by Crippen LogP contribution is -2.20. The molecule has 2 aromatic rings. The number of halogens is 1. The molecule has 0 saturated carbocycles. The van der Waals surface area contributed by atoms with Crippen LogP contribution in [0.15, 0.2) is 53.0 Å². The summed E-state index contributed by atoms with van der Waals surface area (Å²) in [6.45, 7) is -0.258. The molecule has 0 fully saturated rings. The highest BCUT2D eigenvalue weighted by Crippen LogP contribution is 2.17. The minimum Gasteiger partial charge on any atom is -0.484 e. The predicted molar refractivity (Wildman–Crippen MR) is 92.2 cm³/mol. The molecule has 6 nitrogen and oxygen atoms in total. The second kappa shape index (κ2) is 8.93. The number of ether oxygens (including phenoxy) is 3. The van der Waals surface area contributed by atoms with Gasteiger partial charge in [-0.1, -0.05) is 15.9 Å². The number of carbonyl (C=O) groups is 2. The monoisotopic (exact) mass is 393 g/mol. The highest BCUT2D eigenvalue weighted by atomic mass is 79.9. The molecule has 0 aromatic heterocycles. The van der Waals surface area contributed by atoms with E-state index in [0.29, 0.717) is 17.2 Å². The van der Waals surface area contributed by atoms with Gasteiger partial charge in [0, 0.05) is 10.2 Å². The Balaban J connectivity index is 1.79. The molecule has 24 heavy (non-hydrogen) atoms. The van der Waals surface area contributed by atoms with Crippen LogP contribution in [0.25, 0.3) is 0 Å². The summed E-state index contributed by atoms with van der Waals surface area (Å²) in [5.74, 6) is 0.378. The molecule has 0 atom stereocenters. The van der Waals surface area contributed by atoms with E-state index in [1.807, 2.05) is 12.1 Å². The highest BCUT2D eigenvalue weighted by molar-refractivity contribution is 9.10. The van der Waals surface area contributed by atoms with Gasteiger partial charge in [-0.05, 0) is 48.5 Å². The van der Waals surface area contributed by atoms with Crippen molar-refractivity contribution in [2.75, 3.05) is 25.6 Å². The van der Waals surface area contributed by atoms with Gasteiger partial charge in [-0.2, -0.15) is 0 Å². The van der Waals surface area contributed by atoms with Crippen LogP contribution < -0.4 is 14.8 Å². The Labute approximate surface area is 147 Å². The van der Waals surface area contributed by atoms with Crippen LogP contribution in [-0.4, -0.2) is 32.2 Å². The van der Waals surface area contributed by atoms with Crippen molar-refractivity contribution < 1.29 is 23.8 Å². The number of amides is 1. The summed E-state index contributed by atoms with van der Waals surface area (Å²) < 4.78 is 16.0. The molecule has 0 aliphatic rings. The fourth-order valence-electron chi connectivity index (χ4n) is 1.71. The molecule has 0 unspecified atom stereocenters. The number of anilines is 1. The molecule has 2 aromatic carbocycles. The smallest absolute Gasteiger partial charge is 0.343 e. The van der Waals surface area contributed by atoms with Crippen LogP contribution >= 0.6 is 15.9 Å². The van der Waals surface area contributed by atoms with Gasteiger partial charge in [-0.15, -0.1) is 0 Å². The topological polar surface area (TPSA) is 73.9 Å². The maximum absolute atomic E-state index is 11.9. The molecule has 0 bridgehead atoms. The predicted octanol–water partition coefficient (Wildman–Crippen LogP) is 3.02. The van der Waals surface area contributed by atoms with Gasteiger partial charge in [0.1, 0.15) is 11.5 Å². The lowest BCUT2D eigenvalue weighted by Gasteiger charge is -2.09. The van der Waals surface area contributed by atoms with Gasteiger partial charge in [0.15, 0.2) is 13.2 Å². The molecular formula is C17H16BrNO5. The van der Waals surface area contributed by atoms with E-state index in [0.717, 1.165) is 4.47 Å². The third-order valence-electron chi connectivity index (χ3n) is 2.91. The SMILES string of the molecule is COC(=O)COc1ccc(NC(=O)COc2ccc(Br)cc2)cc1. The molecule has 1 amide bonds. The van der Waals surface area contributed by atoms with Crippen molar-refractivity contribution in [3.05, 3.63) is 53.0 Å². The minimum atomic E-state index is -0.461. The Morgan fingerprint density at radius 1 is 0.917 bits per heavy atom. The number of hydrogen-bond donors (Lipinski definition) is 1. The molecule has 2 rings (SSSR count). The summed E-state index contributed by atoms with van der Waals surface area (Å²) in [6.07, 6.45) is 0. The van der Waals surface area contributed by atoms with E-state index in [2.05, 4.69) is 26.0 Å². The second-order valence-corrected chi connectivity index (χ2v) is 5.60. The van der Waals surface area contributed by atoms with E-state index < -0.39 is 5.97 Å². The summed E-state index contributed by atoms with van der Waals surface area (Å²) in [4.78, 5) is 22.8. The largest absolute Gasteiger partial charge is 0.484 e. The number of rotatable bonds is 7. The highest BCUT2D eigenvalue weighted by Gasteiger charge is 2.05. The summed E-state index contributed by atoms with van der Waals surface area (Å²) in [5.41, 5.74) is 0.602. The summed E-state index contributed by atoms with van der Waals surface area (Å²) in [5, 5.41) is 2.71. The fraction of sp³-hybridized carbons (Fsp3) is 0.176. The molecule has 0 heterocycles. The van der Waals surface area contributed by atoms with Crippen LogP contribution in [0.3, 0.4) is 0 Å². The van der Waals surface area contributed by atoms with E-state index >= 15 is 0 Å². The van der Waals surface area contributed by atoms with Crippen molar-refractivity contribution in [2.45, 2.75) is 0 Å². The van der Waals surface area contributed by atoms with E-state index in [1.54, 1.807) is 36.4 Å². The first-order chi connectivity index (χ1) is 11.6. The molecule has 0 radical (unpaired) electrons. The van der Waals surface area contributed by atoms with E-state index in [1.165, 1.54) is 7.11 Å². The van der Waals surface area contributed by atoms with Gasteiger partial charge in [0.05, 0.1) is 7.11 Å². The molecule has 7 heteroatoms. The van der Waals surface area contributed by atoms with Crippen LogP contribution in [-0.2, 0) is 14.3 Å². The number of esters is 1. The summed E-state index contributed by atoms with van der Waals surface area (Å²) >= 11 is 3.33. The molecule has 0 aliphatic carbocycles. The van der Waals surface area contributed by atoms with Crippen LogP contribution in [0.1, 0.15) is 0 Å². The van der Waals surface area contributed by atoms with Crippen molar-refractivity contribution in [2.24, 2.45) is 0 Å². The Morgan fingerprint density at radius 2 is 1.46 bits per heavy atom. The van der Waals surface area contributed by atoms with Crippen LogP contribution in [0, 0.1) is 0 Å². The van der Waals surface area contributed by atoms with E-state index in [4.69, 9.17) is 9.47 Å². The number of carbonyl (C=O) groups excluding carboxylic acids is 2. The van der Waals surface area contributed by atoms with Crippen molar-refractivity contribution >= 4 is 33.5 Å². The number of hydrogen-bond acceptors (Lipinski definition) is 5. The van der Waals surface area contributed by atoms with Crippen molar-refractivity contribution in [3.8, 4) is 11.5 Å². The standard InChI is InChI=1S/C17H16BrNO5/c1-22-17(21)11-24-15-8-4-13(5-9-15)19-16(20)10-23-14-6-2-12(18)3-7-14/h2-9H,10-11H2,1H3,(H,19,20). The first-order valence-electron chi connectivity index (χ1n) is 7.05. The number of nitrogens with one attached hydrogen (secondary N) is 1. The Kier molecular flexibility index (Phi) is 6.62. The number of benzene rings is 2. The fourth-order valence-corrected chi connectivity index (χ4v) is 1.98.